The maximum absolute atomic E-state index is 6.22. The summed E-state index contributed by atoms with van der Waals surface area (Å²) in [4.78, 5) is 0. The quantitative estimate of drug-likeness (QED) is 0.820. The molecule has 1 N–H and O–H groups in total. The number of nitrogens with one attached hydrogen (secondary N) is 1. The molecular weight excluding hydrogens is 234 g/mol. The van der Waals surface area contributed by atoms with E-state index in [1.165, 1.54) is 36.8 Å². The number of hydrogen-bond acceptors (Lipinski definition) is 2. The first-order chi connectivity index (χ1) is 9.20. The fraction of sp³-hybridized carbons (Fsp3) is 0.647. The van der Waals surface area contributed by atoms with Crippen molar-refractivity contribution in [3.63, 3.8) is 0 Å². The van der Waals surface area contributed by atoms with Crippen molar-refractivity contribution in [1.29, 1.82) is 0 Å². The van der Waals surface area contributed by atoms with Crippen LogP contribution in [0, 0.1) is 6.92 Å². The summed E-state index contributed by atoms with van der Waals surface area (Å²) >= 11 is 0. The number of benzene rings is 1. The van der Waals surface area contributed by atoms with E-state index in [9.17, 15) is 0 Å². The molecular formula is C17H27NO. The van der Waals surface area contributed by atoms with Crippen molar-refractivity contribution in [3.8, 4) is 5.75 Å². The van der Waals surface area contributed by atoms with E-state index in [1.807, 2.05) is 0 Å². The molecule has 2 heteroatoms. The first-order valence-electron chi connectivity index (χ1n) is 7.71. The molecule has 0 spiro atoms. The molecule has 1 aromatic carbocycles. The summed E-state index contributed by atoms with van der Waals surface area (Å²) in [6.45, 7) is 7.63. The molecule has 0 radical (unpaired) electrons. The van der Waals surface area contributed by atoms with Crippen molar-refractivity contribution < 1.29 is 4.74 Å². The minimum absolute atomic E-state index is 0.358. The minimum Gasteiger partial charge on any atom is -0.490 e. The van der Waals surface area contributed by atoms with Crippen LogP contribution in [0.15, 0.2) is 18.2 Å². The molecule has 1 fully saturated rings. The smallest absolute Gasteiger partial charge is 0.124 e. The van der Waals surface area contributed by atoms with Crippen LogP contribution in [0.3, 0.4) is 0 Å². The molecule has 0 aliphatic heterocycles. The minimum atomic E-state index is 0.358. The Balaban J connectivity index is 2.11. The van der Waals surface area contributed by atoms with Gasteiger partial charge in [0.05, 0.1) is 6.10 Å². The zero-order valence-electron chi connectivity index (χ0n) is 12.5. The summed E-state index contributed by atoms with van der Waals surface area (Å²) in [6.07, 6.45) is 6.65. The third-order valence-electron chi connectivity index (χ3n) is 3.93. The van der Waals surface area contributed by atoms with E-state index in [0.29, 0.717) is 12.1 Å². The second kappa shape index (κ2) is 6.95. The Kier molecular flexibility index (Phi) is 5.26. The fourth-order valence-corrected chi connectivity index (χ4v) is 2.77. The maximum atomic E-state index is 6.22. The predicted octanol–water partition coefficient (Wildman–Crippen LogP) is 4.38. The van der Waals surface area contributed by atoms with E-state index in [0.717, 1.165) is 18.7 Å². The number of ether oxygens (including phenoxy) is 1. The highest BCUT2D eigenvalue weighted by atomic mass is 16.5. The van der Waals surface area contributed by atoms with Crippen LogP contribution in [0.5, 0.6) is 5.75 Å². The first-order valence-corrected chi connectivity index (χ1v) is 7.71. The molecule has 0 heterocycles. The van der Waals surface area contributed by atoms with E-state index in [2.05, 4.69) is 44.3 Å². The summed E-state index contributed by atoms with van der Waals surface area (Å²) in [6, 6.07) is 6.92. The van der Waals surface area contributed by atoms with Gasteiger partial charge in [-0.05, 0) is 58.6 Å². The van der Waals surface area contributed by atoms with Crippen molar-refractivity contribution in [1.82, 2.24) is 5.32 Å². The summed E-state index contributed by atoms with van der Waals surface area (Å²) in [5.41, 5.74) is 2.61. The van der Waals surface area contributed by atoms with Crippen molar-refractivity contribution in [2.75, 3.05) is 6.54 Å². The first kappa shape index (κ1) is 14.4. The molecule has 1 aromatic rings. The Labute approximate surface area is 117 Å². The molecule has 2 nitrogen and oxygen atoms in total. The molecule has 19 heavy (non-hydrogen) atoms. The van der Waals surface area contributed by atoms with Gasteiger partial charge >= 0.3 is 0 Å². The Hall–Kier alpha value is -1.02. The second-order valence-electron chi connectivity index (χ2n) is 5.74. The Morgan fingerprint density at radius 1 is 1.32 bits per heavy atom. The molecule has 0 bridgehead atoms. The van der Waals surface area contributed by atoms with E-state index >= 15 is 0 Å². The lowest BCUT2D eigenvalue weighted by Gasteiger charge is -2.21. The highest BCUT2D eigenvalue weighted by Crippen LogP contribution is 2.30. The largest absolute Gasteiger partial charge is 0.490 e. The summed E-state index contributed by atoms with van der Waals surface area (Å²) in [7, 11) is 0. The van der Waals surface area contributed by atoms with Gasteiger partial charge in [0.25, 0.3) is 0 Å². The summed E-state index contributed by atoms with van der Waals surface area (Å²) in [5.74, 6) is 1.08. The van der Waals surface area contributed by atoms with Crippen LogP contribution in [0.1, 0.15) is 63.1 Å². The van der Waals surface area contributed by atoms with Crippen LogP contribution >= 0.6 is 0 Å². The highest BCUT2D eigenvalue weighted by Gasteiger charge is 2.19. The van der Waals surface area contributed by atoms with Crippen LogP contribution in [-0.2, 0) is 0 Å². The van der Waals surface area contributed by atoms with Crippen LogP contribution in [0.4, 0.5) is 0 Å². The molecule has 1 saturated carbocycles. The van der Waals surface area contributed by atoms with Crippen LogP contribution in [0.25, 0.3) is 0 Å². The Morgan fingerprint density at radius 2 is 2.05 bits per heavy atom. The fourth-order valence-electron chi connectivity index (χ4n) is 2.77. The van der Waals surface area contributed by atoms with Gasteiger partial charge in [0.15, 0.2) is 0 Å². The molecule has 0 aromatic heterocycles. The van der Waals surface area contributed by atoms with Crippen molar-refractivity contribution >= 4 is 0 Å². The average Bonchev–Trinajstić information content (AvgIpc) is 2.91. The van der Waals surface area contributed by atoms with E-state index in [-0.39, 0.29) is 0 Å². The lowest BCUT2D eigenvalue weighted by molar-refractivity contribution is 0.206. The Morgan fingerprint density at radius 3 is 2.74 bits per heavy atom. The van der Waals surface area contributed by atoms with Gasteiger partial charge in [-0.3, -0.25) is 0 Å². The van der Waals surface area contributed by atoms with Gasteiger partial charge < -0.3 is 10.1 Å². The highest BCUT2D eigenvalue weighted by molar-refractivity contribution is 5.39. The third kappa shape index (κ3) is 3.97. The van der Waals surface area contributed by atoms with Gasteiger partial charge in [-0.2, -0.15) is 0 Å². The third-order valence-corrected chi connectivity index (χ3v) is 3.93. The maximum Gasteiger partial charge on any atom is 0.124 e. The molecule has 1 aliphatic rings. The van der Waals surface area contributed by atoms with Crippen LogP contribution in [0.2, 0.25) is 0 Å². The van der Waals surface area contributed by atoms with Gasteiger partial charge in [-0.15, -0.1) is 0 Å². The van der Waals surface area contributed by atoms with Gasteiger partial charge in [0.1, 0.15) is 5.75 Å². The molecule has 1 aliphatic carbocycles. The summed E-state index contributed by atoms with van der Waals surface area (Å²) in [5, 5.41) is 3.56. The van der Waals surface area contributed by atoms with Gasteiger partial charge in [0.2, 0.25) is 0 Å². The second-order valence-corrected chi connectivity index (χ2v) is 5.74. The average molecular weight is 261 g/mol. The van der Waals surface area contributed by atoms with Crippen molar-refractivity contribution in [2.45, 2.75) is 65.0 Å². The topological polar surface area (TPSA) is 21.3 Å². The predicted molar refractivity (Wildman–Crippen MR) is 80.8 cm³/mol. The monoisotopic (exact) mass is 261 g/mol. The van der Waals surface area contributed by atoms with Crippen LogP contribution in [-0.4, -0.2) is 12.6 Å². The molecule has 0 saturated heterocycles. The van der Waals surface area contributed by atoms with E-state index < -0.39 is 0 Å². The standard InChI is InChI=1S/C17H27NO/c1-4-11-18-14(3)16-12-13(2)9-10-17(16)19-15-7-5-6-8-15/h9-10,12,14-15,18H,4-8,11H2,1-3H3. The normalized spacial score (nSPS) is 17.6. The van der Waals surface area contributed by atoms with Gasteiger partial charge in [-0.1, -0.05) is 24.6 Å². The van der Waals surface area contributed by atoms with Crippen LogP contribution < -0.4 is 10.1 Å². The van der Waals surface area contributed by atoms with E-state index in [1.54, 1.807) is 0 Å². The van der Waals surface area contributed by atoms with Gasteiger partial charge in [0, 0.05) is 11.6 Å². The molecule has 0 amide bonds. The lowest BCUT2D eigenvalue weighted by atomic mass is 10.0. The molecule has 1 atom stereocenters. The lowest BCUT2D eigenvalue weighted by Crippen LogP contribution is -2.21. The molecule has 1 unspecified atom stereocenters. The van der Waals surface area contributed by atoms with Crippen molar-refractivity contribution in [2.24, 2.45) is 0 Å². The van der Waals surface area contributed by atoms with E-state index in [4.69, 9.17) is 4.74 Å². The zero-order valence-corrected chi connectivity index (χ0v) is 12.5. The van der Waals surface area contributed by atoms with Gasteiger partial charge in [-0.25, -0.2) is 0 Å². The molecule has 106 valence electrons. The summed E-state index contributed by atoms with van der Waals surface area (Å²) < 4.78 is 6.22. The van der Waals surface area contributed by atoms with Crippen molar-refractivity contribution in [3.05, 3.63) is 29.3 Å². The Bertz CT molecular complexity index is 396. The molecule has 2 rings (SSSR count). The SMILES string of the molecule is CCCNC(C)c1cc(C)ccc1OC1CCCC1. The number of hydrogen-bond donors (Lipinski definition) is 1. The number of aryl methyl sites for hydroxylation is 1. The number of rotatable bonds is 6. The zero-order chi connectivity index (χ0) is 13.7.